The summed E-state index contributed by atoms with van der Waals surface area (Å²) >= 11 is 5.92. The van der Waals surface area contributed by atoms with Crippen LogP contribution in [0.5, 0.6) is 17.2 Å². The van der Waals surface area contributed by atoms with Gasteiger partial charge in [0.15, 0.2) is 11.5 Å². The molecular weight excluding hydrogens is 523 g/mol. The minimum absolute atomic E-state index is 0.0349. The van der Waals surface area contributed by atoms with Gasteiger partial charge in [-0.25, -0.2) is 12.8 Å². The molecule has 0 unspecified atom stereocenters. The predicted molar refractivity (Wildman–Crippen MR) is 140 cm³/mol. The summed E-state index contributed by atoms with van der Waals surface area (Å²) in [5.74, 6) is 0.0378. The molecule has 11 heteroatoms. The second-order valence-corrected chi connectivity index (χ2v) is 10.2. The highest BCUT2D eigenvalue weighted by Gasteiger charge is 2.29. The SMILES string of the molecule is COc1cccc(CCCNC(=O)CN(c2ccc(F)c(Cl)c2)S(=O)(=O)c2ccc(OC)c(OC)c2)c1. The van der Waals surface area contributed by atoms with Crippen molar-refractivity contribution in [3.05, 3.63) is 77.1 Å². The van der Waals surface area contributed by atoms with Crippen LogP contribution in [0, 0.1) is 5.82 Å². The zero-order valence-corrected chi connectivity index (χ0v) is 22.2. The fourth-order valence-electron chi connectivity index (χ4n) is 3.59. The van der Waals surface area contributed by atoms with Crippen LogP contribution in [0.3, 0.4) is 0 Å². The standard InChI is InChI=1S/C26H28ClFN2O6S/c1-34-20-8-4-6-18(14-20)7-5-13-29-26(31)17-30(19-9-11-23(28)22(27)15-19)37(32,33)21-10-12-24(35-2)25(16-21)36-3/h4,6,8-12,14-16H,5,7,13,17H2,1-3H3,(H,29,31). The van der Waals surface area contributed by atoms with Crippen LogP contribution in [-0.2, 0) is 21.2 Å². The van der Waals surface area contributed by atoms with Gasteiger partial charge in [-0.15, -0.1) is 0 Å². The van der Waals surface area contributed by atoms with Gasteiger partial charge in [0.05, 0.1) is 36.9 Å². The molecule has 3 aromatic rings. The van der Waals surface area contributed by atoms with E-state index in [1.807, 2.05) is 24.3 Å². The van der Waals surface area contributed by atoms with Crippen LogP contribution in [0.4, 0.5) is 10.1 Å². The Bertz CT molecular complexity index is 1350. The molecule has 0 saturated carbocycles. The first kappa shape index (κ1) is 28.1. The molecule has 0 bridgehead atoms. The number of anilines is 1. The number of rotatable bonds is 12. The average molecular weight is 551 g/mol. The first-order valence-corrected chi connectivity index (χ1v) is 13.1. The number of methoxy groups -OCH3 is 3. The van der Waals surface area contributed by atoms with Crippen molar-refractivity contribution < 1.29 is 31.8 Å². The van der Waals surface area contributed by atoms with E-state index < -0.39 is 28.3 Å². The molecule has 8 nitrogen and oxygen atoms in total. The molecule has 0 fully saturated rings. The first-order chi connectivity index (χ1) is 17.7. The van der Waals surface area contributed by atoms with E-state index in [9.17, 15) is 17.6 Å². The van der Waals surface area contributed by atoms with Crippen molar-refractivity contribution in [1.29, 1.82) is 0 Å². The van der Waals surface area contributed by atoms with Crippen LogP contribution in [0.15, 0.2) is 65.6 Å². The van der Waals surface area contributed by atoms with Crippen molar-refractivity contribution >= 4 is 33.2 Å². The van der Waals surface area contributed by atoms with Crippen LogP contribution < -0.4 is 23.8 Å². The molecule has 3 aromatic carbocycles. The second-order valence-electron chi connectivity index (χ2n) is 7.93. The summed E-state index contributed by atoms with van der Waals surface area (Å²) < 4.78 is 57.5. The lowest BCUT2D eigenvalue weighted by Crippen LogP contribution is -2.41. The van der Waals surface area contributed by atoms with Crippen molar-refractivity contribution in [2.45, 2.75) is 17.7 Å². The number of aryl methyl sites for hydroxylation is 1. The summed E-state index contributed by atoms with van der Waals surface area (Å²) in [5.41, 5.74) is 1.08. The Morgan fingerprint density at radius 2 is 1.73 bits per heavy atom. The van der Waals surface area contributed by atoms with E-state index in [1.54, 1.807) is 7.11 Å². The molecule has 0 saturated heterocycles. The Kier molecular flexibility index (Phi) is 9.60. The molecule has 0 aliphatic heterocycles. The normalized spacial score (nSPS) is 11.1. The second kappa shape index (κ2) is 12.6. The summed E-state index contributed by atoms with van der Waals surface area (Å²) in [7, 11) is 0.125. The maximum atomic E-state index is 13.8. The van der Waals surface area contributed by atoms with Crippen molar-refractivity contribution in [3.8, 4) is 17.2 Å². The summed E-state index contributed by atoms with van der Waals surface area (Å²) in [6, 6.07) is 15.1. The minimum Gasteiger partial charge on any atom is -0.497 e. The highest BCUT2D eigenvalue weighted by Crippen LogP contribution is 2.33. The van der Waals surface area contributed by atoms with Crippen molar-refractivity contribution in [1.82, 2.24) is 5.32 Å². The Labute approximate surface area is 221 Å². The summed E-state index contributed by atoms with van der Waals surface area (Å²) in [5, 5.41) is 2.47. The molecule has 0 spiro atoms. The molecular formula is C26H28ClFN2O6S. The van der Waals surface area contributed by atoms with Gasteiger partial charge in [-0.05, 0) is 60.9 Å². The molecule has 0 aliphatic carbocycles. The first-order valence-electron chi connectivity index (χ1n) is 11.3. The monoisotopic (exact) mass is 550 g/mol. The highest BCUT2D eigenvalue weighted by molar-refractivity contribution is 7.92. The maximum absolute atomic E-state index is 13.8. The van der Waals surface area contributed by atoms with Gasteiger partial charge in [-0.1, -0.05) is 23.7 Å². The number of halogens is 2. The van der Waals surface area contributed by atoms with Gasteiger partial charge < -0.3 is 19.5 Å². The number of carbonyl (C=O) groups excluding carboxylic acids is 1. The largest absolute Gasteiger partial charge is 0.497 e. The number of nitrogens with one attached hydrogen (secondary N) is 1. The van der Waals surface area contributed by atoms with E-state index in [1.165, 1.54) is 38.5 Å². The number of nitrogens with zero attached hydrogens (tertiary/aromatic N) is 1. The van der Waals surface area contributed by atoms with Crippen LogP contribution in [0.1, 0.15) is 12.0 Å². The highest BCUT2D eigenvalue weighted by atomic mass is 35.5. The maximum Gasteiger partial charge on any atom is 0.264 e. The van der Waals surface area contributed by atoms with Crippen LogP contribution in [-0.4, -0.2) is 48.7 Å². The van der Waals surface area contributed by atoms with Crippen LogP contribution in [0.2, 0.25) is 5.02 Å². The van der Waals surface area contributed by atoms with E-state index >= 15 is 0 Å². The number of hydrogen-bond acceptors (Lipinski definition) is 6. The zero-order valence-electron chi connectivity index (χ0n) is 20.7. The Balaban J connectivity index is 1.79. The Morgan fingerprint density at radius 1 is 0.973 bits per heavy atom. The average Bonchev–Trinajstić information content (AvgIpc) is 2.91. The van der Waals surface area contributed by atoms with Gasteiger partial charge in [-0.3, -0.25) is 9.10 Å². The molecule has 0 aromatic heterocycles. The zero-order chi connectivity index (χ0) is 27.0. The molecule has 198 valence electrons. The van der Waals surface area contributed by atoms with Gasteiger partial charge in [0.25, 0.3) is 10.0 Å². The number of hydrogen-bond donors (Lipinski definition) is 1. The van der Waals surface area contributed by atoms with Gasteiger partial charge in [0.1, 0.15) is 18.1 Å². The van der Waals surface area contributed by atoms with E-state index in [4.69, 9.17) is 25.8 Å². The quantitative estimate of drug-likeness (QED) is 0.335. The Hall–Kier alpha value is -3.50. The molecule has 3 rings (SSSR count). The topological polar surface area (TPSA) is 94.2 Å². The molecule has 1 amide bonds. The molecule has 1 N–H and O–H groups in total. The van der Waals surface area contributed by atoms with Gasteiger partial charge in [0.2, 0.25) is 5.91 Å². The fraction of sp³-hybridized carbons (Fsp3) is 0.269. The van der Waals surface area contributed by atoms with E-state index in [0.717, 1.165) is 27.8 Å². The summed E-state index contributed by atoms with van der Waals surface area (Å²) in [6.07, 6.45) is 1.32. The lowest BCUT2D eigenvalue weighted by atomic mass is 10.1. The summed E-state index contributed by atoms with van der Waals surface area (Å²) in [6.45, 7) is -0.220. The van der Waals surface area contributed by atoms with Crippen molar-refractivity contribution in [2.24, 2.45) is 0 Å². The smallest absolute Gasteiger partial charge is 0.264 e. The van der Waals surface area contributed by atoms with Gasteiger partial charge >= 0.3 is 0 Å². The lowest BCUT2D eigenvalue weighted by molar-refractivity contribution is -0.119. The van der Waals surface area contributed by atoms with Crippen molar-refractivity contribution in [2.75, 3.05) is 38.7 Å². The number of amides is 1. The van der Waals surface area contributed by atoms with E-state index in [-0.39, 0.29) is 21.4 Å². The number of ether oxygens (including phenoxy) is 3. The Morgan fingerprint density at radius 3 is 2.41 bits per heavy atom. The van der Waals surface area contributed by atoms with E-state index in [0.29, 0.717) is 25.1 Å². The molecule has 0 atom stereocenters. The summed E-state index contributed by atoms with van der Waals surface area (Å²) in [4.78, 5) is 12.7. The third-order valence-corrected chi connectivity index (χ3v) is 7.58. The number of carbonyl (C=O) groups is 1. The van der Waals surface area contributed by atoms with E-state index in [2.05, 4.69) is 5.32 Å². The molecule has 0 heterocycles. The third-order valence-electron chi connectivity index (χ3n) is 5.52. The lowest BCUT2D eigenvalue weighted by Gasteiger charge is -2.25. The molecule has 37 heavy (non-hydrogen) atoms. The minimum atomic E-state index is -4.28. The fourth-order valence-corrected chi connectivity index (χ4v) is 5.20. The molecule has 0 radical (unpaired) electrons. The number of benzene rings is 3. The number of sulfonamides is 1. The molecule has 0 aliphatic rings. The predicted octanol–water partition coefficient (Wildman–Crippen LogP) is 4.45. The third kappa shape index (κ3) is 7.05. The van der Waals surface area contributed by atoms with Crippen LogP contribution >= 0.6 is 11.6 Å². The van der Waals surface area contributed by atoms with Crippen LogP contribution in [0.25, 0.3) is 0 Å². The van der Waals surface area contributed by atoms with Gasteiger partial charge in [-0.2, -0.15) is 0 Å². The van der Waals surface area contributed by atoms with Gasteiger partial charge in [0, 0.05) is 12.6 Å². The van der Waals surface area contributed by atoms with Crippen molar-refractivity contribution in [3.63, 3.8) is 0 Å².